The number of nitrogens with zero attached hydrogens (tertiary/aromatic N) is 1. The van der Waals surface area contributed by atoms with E-state index < -0.39 is 53.5 Å². The summed E-state index contributed by atoms with van der Waals surface area (Å²) in [6.07, 6.45) is -2.49. The lowest BCUT2D eigenvalue weighted by Crippen LogP contribution is -2.56. The maximum Gasteiger partial charge on any atom is 0.468 e. The van der Waals surface area contributed by atoms with Crippen LogP contribution in [-0.2, 0) is 19.4 Å². The summed E-state index contributed by atoms with van der Waals surface area (Å²) in [4.78, 5) is 42.4. The van der Waals surface area contributed by atoms with Crippen LogP contribution in [0.4, 0.5) is 4.39 Å². The van der Waals surface area contributed by atoms with Crippen LogP contribution in [0.25, 0.3) is 0 Å². The molecule has 1 aromatic rings. The van der Waals surface area contributed by atoms with Gasteiger partial charge in [0.15, 0.2) is 0 Å². The number of phosphoric acid groups is 1. The number of halogens is 2. The van der Waals surface area contributed by atoms with Crippen molar-refractivity contribution in [2.75, 3.05) is 0 Å². The molecule has 10 nitrogen and oxygen atoms in total. The van der Waals surface area contributed by atoms with E-state index >= 15 is 0 Å². The molecule has 1 fully saturated rings. The van der Waals surface area contributed by atoms with Gasteiger partial charge in [0, 0.05) is 12.6 Å². The molecule has 1 aromatic heterocycles. The molecule has 0 aliphatic carbocycles. The van der Waals surface area contributed by atoms with Crippen LogP contribution in [-0.4, -0.2) is 65.3 Å². The van der Waals surface area contributed by atoms with Gasteiger partial charge >= 0.3 is 13.5 Å². The van der Waals surface area contributed by atoms with Gasteiger partial charge in [-0.2, -0.15) is 0 Å². The van der Waals surface area contributed by atoms with Crippen LogP contribution in [0.2, 0.25) is 5.02 Å². The predicted molar refractivity (Wildman–Crippen MR) is 83.0 cm³/mol. The van der Waals surface area contributed by atoms with Crippen molar-refractivity contribution < 1.29 is 33.1 Å². The zero-order chi connectivity index (χ0) is 19.4. The molecule has 2 heterocycles. The van der Waals surface area contributed by atoms with Crippen molar-refractivity contribution in [2.45, 2.75) is 29.4 Å². The first-order valence-corrected chi connectivity index (χ1v) is 8.24. The quantitative estimate of drug-likeness (QED) is 0.326. The SMILES string of the molecule is [B]C([B])(OP(=O)(O)O)[C@]1(F)C[C@@H](O)[C@]([B])(n2cc(Cl)c(=O)[nH]c2=O)O1. The van der Waals surface area contributed by atoms with Gasteiger partial charge in [-0.05, 0) is 0 Å². The fourth-order valence-corrected chi connectivity index (χ4v) is 2.86. The third-order valence-electron chi connectivity index (χ3n) is 3.39. The summed E-state index contributed by atoms with van der Waals surface area (Å²) in [5, 5.41) is 6.23. The Morgan fingerprint density at radius 3 is 2.60 bits per heavy atom. The molecule has 1 aliphatic rings. The number of hydrogen-bond donors (Lipinski definition) is 4. The number of H-pyrrole nitrogens is 1. The van der Waals surface area contributed by atoms with Crippen LogP contribution in [0.3, 0.4) is 0 Å². The highest BCUT2D eigenvalue weighted by Gasteiger charge is 2.62. The molecule has 25 heavy (non-hydrogen) atoms. The second-order valence-electron chi connectivity index (χ2n) is 5.28. The van der Waals surface area contributed by atoms with Gasteiger partial charge < -0.3 is 19.6 Å². The van der Waals surface area contributed by atoms with Gasteiger partial charge in [-0.15, -0.1) is 0 Å². The van der Waals surface area contributed by atoms with Crippen LogP contribution in [0.5, 0.6) is 0 Å². The molecule has 6 radical (unpaired) electrons. The Morgan fingerprint density at radius 2 is 2.08 bits per heavy atom. The summed E-state index contributed by atoms with van der Waals surface area (Å²) in [5.41, 5.74) is -4.89. The third kappa shape index (κ3) is 3.66. The maximum absolute atomic E-state index is 15.0. The fraction of sp³-hybridized carbons (Fsp3) is 0.556. The van der Waals surface area contributed by atoms with Crippen LogP contribution < -0.4 is 11.2 Å². The van der Waals surface area contributed by atoms with Crippen LogP contribution >= 0.6 is 19.4 Å². The molecule has 3 atom stereocenters. The molecule has 0 amide bonds. The lowest BCUT2D eigenvalue weighted by Gasteiger charge is -2.39. The van der Waals surface area contributed by atoms with E-state index in [9.17, 15) is 23.7 Å². The molecule has 0 bridgehead atoms. The molecule has 4 N–H and O–H groups in total. The number of ether oxygens (including phenoxy) is 1. The normalized spacial score (nSPS) is 30.5. The summed E-state index contributed by atoms with van der Waals surface area (Å²) >= 11 is 5.55. The highest BCUT2D eigenvalue weighted by molar-refractivity contribution is 7.46. The molecule has 0 aromatic carbocycles. The standard InChI is InChI=1S/C9H8B3ClFN2O8P/c10-8(16-2-3(13)5(18)15-6(16)19)4(17)1-7(14,23-8)9(11,12)24-25(20,21)22/h2,4,17H,1H2,(H,15,18,19)(H2,20,21,22)/t4-,7+,8+/m1/s1. The molecule has 0 unspecified atom stereocenters. The smallest absolute Gasteiger partial charge is 0.389 e. The summed E-state index contributed by atoms with van der Waals surface area (Å²) < 4.78 is 34.9. The first kappa shape index (κ1) is 20.4. The average Bonchev–Trinajstić information content (AvgIpc) is 2.63. The number of aromatic amines is 1. The predicted octanol–water partition coefficient (Wildman–Crippen LogP) is -2.48. The summed E-state index contributed by atoms with van der Waals surface area (Å²) in [7, 11) is 10.8. The minimum Gasteiger partial charge on any atom is -0.389 e. The van der Waals surface area contributed by atoms with Gasteiger partial charge in [0.25, 0.3) is 5.56 Å². The molecule has 1 saturated heterocycles. The van der Waals surface area contributed by atoms with Gasteiger partial charge in [0.1, 0.15) is 34.2 Å². The van der Waals surface area contributed by atoms with Crippen LogP contribution in [0.1, 0.15) is 6.42 Å². The second-order valence-corrected chi connectivity index (χ2v) is 6.85. The monoisotopic (exact) mass is 390 g/mol. The molecule has 0 spiro atoms. The van der Waals surface area contributed by atoms with Gasteiger partial charge in [-0.3, -0.25) is 18.9 Å². The number of hydrogen-bond acceptors (Lipinski definition) is 6. The largest absolute Gasteiger partial charge is 0.468 e. The van der Waals surface area contributed by atoms with E-state index in [2.05, 4.69) is 4.52 Å². The van der Waals surface area contributed by atoms with Gasteiger partial charge in [-0.1, -0.05) is 11.6 Å². The van der Waals surface area contributed by atoms with Gasteiger partial charge in [-0.25, -0.2) is 13.8 Å². The van der Waals surface area contributed by atoms with E-state index in [1.807, 2.05) is 0 Å². The second kappa shape index (κ2) is 6.09. The minimum atomic E-state index is -5.37. The molecular formula is C9H8B3ClFN2O8P. The summed E-state index contributed by atoms with van der Waals surface area (Å²) in [6, 6.07) is 0. The highest BCUT2D eigenvalue weighted by Crippen LogP contribution is 2.50. The van der Waals surface area contributed by atoms with Crippen molar-refractivity contribution >= 4 is 43.0 Å². The average molecular weight is 390 g/mol. The minimum absolute atomic E-state index is 0.357. The number of aromatic nitrogens is 2. The molecule has 130 valence electrons. The lowest BCUT2D eigenvalue weighted by atomic mass is 9.60. The van der Waals surface area contributed by atoms with Crippen molar-refractivity contribution in [3.63, 3.8) is 0 Å². The number of nitrogens with one attached hydrogen (secondary N) is 1. The molecular weight excluding hydrogens is 382 g/mol. The van der Waals surface area contributed by atoms with Crippen molar-refractivity contribution in [1.82, 2.24) is 9.55 Å². The molecule has 0 saturated carbocycles. The third-order valence-corrected chi connectivity index (χ3v) is 4.20. The zero-order valence-corrected chi connectivity index (χ0v) is 13.8. The van der Waals surface area contributed by atoms with Crippen LogP contribution in [0, 0.1) is 0 Å². The highest BCUT2D eigenvalue weighted by atomic mass is 35.5. The topological polar surface area (TPSA) is 151 Å². The van der Waals surface area contributed by atoms with E-state index in [0.29, 0.717) is 10.8 Å². The summed E-state index contributed by atoms with van der Waals surface area (Å²) in [5.74, 6) is -3.44. The van der Waals surface area contributed by atoms with E-state index in [4.69, 9.17) is 49.7 Å². The maximum atomic E-state index is 15.0. The van der Waals surface area contributed by atoms with Crippen molar-refractivity contribution in [2.24, 2.45) is 0 Å². The number of rotatable bonds is 4. The first-order chi connectivity index (χ1) is 11.1. The van der Waals surface area contributed by atoms with Crippen molar-refractivity contribution in [3.8, 4) is 0 Å². The number of alkyl halides is 1. The lowest BCUT2D eigenvalue weighted by molar-refractivity contribution is -0.219. The van der Waals surface area contributed by atoms with Crippen LogP contribution in [0.15, 0.2) is 15.8 Å². The summed E-state index contributed by atoms with van der Waals surface area (Å²) in [6.45, 7) is 0. The Hall–Kier alpha value is -0.875. The van der Waals surface area contributed by atoms with Crippen molar-refractivity contribution in [1.29, 1.82) is 0 Å². The number of phosphoric ester groups is 1. The molecule has 16 heteroatoms. The Bertz CT molecular complexity index is 860. The van der Waals surface area contributed by atoms with Gasteiger partial charge in [0.05, 0.1) is 11.5 Å². The molecule has 1 aliphatic heterocycles. The van der Waals surface area contributed by atoms with E-state index in [1.54, 1.807) is 4.98 Å². The number of aliphatic hydroxyl groups is 1. The Labute approximate surface area is 147 Å². The zero-order valence-electron chi connectivity index (χ0n) is 12.1. The Morgan fingerprint density at radius 1 is 1.52 bits per heavy atom. The molecule has 2 rings (SSSR count). The van der Waals surface area contributed by atoms with Gasteiger partial charge in [0.2, 0.25) is 5.85 Å². The number of aliphatic hydroxyl groups excluding tert-OH is 1. The Kier molecular flexibility index (Phi) is 4.98. The Balaban J connectivity index is 2.50. The van der Waals surface area contributed by atoms with E-state index in [0.717, 1.165) is 0 Å². The van der Waals surface area contributed by atoms with Crippen molar-refractivity contribution in [3.05, 3.63) is 32.1 Å². The van der Waals surface area contributed by atoms with E-state index in [1.165, 1.54) is 0 Å². The fourth-order valence-electron chi connectivity index (χ4n) is 2.18. The first-order valence-electron chi connectivity index (χ1n) is 6.33. The van der Waals surface area contributed by atoms with E-state index in [-0.39, 0.29) is 0 Å².